The standard InChI is InChI=1S/C81H158O17P2/c1-8-10-11-12-13-14-15-16-17-18-19-20-21-22-23-24-25-28-34-43-50-57-64-80(85)97-76(68-91-78(83)62-55-48-41-33-29-26-27-31-38-45-52-59-72(3)4)70-95-99(87,88)93-66-75(82)67-94-100(89,90)96-71-77(98-81(86)65-58-51-44-35-30-32-39-46-53-60-73(5)6)69-92-79(84)63-56-49-42-37-36-40-47-54-61-74(7)9-2/h72-77,82H,8-71H2,1-7H3,(H,87,88)(H,89,90)/t74?,75-,76-,77-/m1/s1. The summed E-state index contributed by atoms with van der Waals surface area (Å²) in [7, 11) is -9.92. The smallest absolute Gasteiger partial charge is 0.462 e. The van der Waals surface area contributed by atoms with Crippen LogP contribution in [0.3, 0.4) is 0 Å². The molecule has 3 N–H and O–H groups in total. The fraction of sp³-hybridized carbons (Fsp3) is 0.951. The fourth-order valence-corrected chi connectivity index (χ4v) is 14.0. The van der Waals surface area contributed by atoms with E-state index in [0.29, 0.717) is 25.7 Å². The Morgan fingerprint density at radius 3 is 0.760 bits per heavy atom. The molecule has 17 nitrogen and oxygen atoms in total. The molecule has 0 spiro atoms. The van der Waals surface area contributed by atoms with E-state index in [0.717, 1.165) is 108 Å². The van der Waals surface area contributed by atoms with E-state index >= 15 is 0 Å². The minimum absolute atomic E-state index is 0.105. The lowest BCUT2D eigenvalue weighted by Gasteiger charge is -2.21. The third-order valence-electron chi connectivity index (χ3n) is 19.2. The van der Waals surface area contributed by atoms with E-state index in [1.807, 2.05) is 0 Å². The summed E-state index contributed by atoms with van der Waals surface area (Å²) in [5.41, 5.74) is 0. The van der Waals surface area contributed by atoms with Gasteiger partial charge in [0, 0.05) is 25.7 Å². The number of phosphoric ester groups is 2. The van der Waals surface area contributed by atoms with Gasteiger partial charge < -0.3 is 33.8 Å². The maximum absolute atomic E-state index is 13.1. The summed E-state index contributed by atoms with van der Waals surface area (Å²) < 4.78 is 68.7. The van der Waals surface area contributed by atoms with Gasteiger partial charge in [0.15, 0.2) is 12.2 Å². The molecule has 594 valence electrons. The predicted molar refractivity (Wildman–Crippen MR) is 409 cm³/mol. The molecule has 3 unspecified atom stereocenters. The van der Waals surface area contributed by atoms with Gasteiger partial charge in [-0.2, -0.15) is 0 Å². The number of esters is 4. The second-order valence-corrected chi connectivity index (χ2v) is 33.3. The van der Waals surface area contributed by atoms with E-state index in [9.17, 15) is 43.2 Å². The number of carbonyl (C=O) groups is 4. The lowest BCUT2D eigenvalue weighted by molar-refractivity contribution is -0.161. The maximum Gasteiger partial charge on any atom is 0.472 e. The molecule has 0 aliphatic rings. The predicted octanol–water partition coefficient (Wildman–Crippen LogP) is 24.1. The summed E-state index contributed by atoms with van der Waals surface area (Å²) in [5.74, 6) is 0.171. The highest BCUT2D eigenvalue weighted by Gasteiger charge is 2.30. The molecule has 100 heavy (non-hydrogen) atoms. The van der Waals surface area contributed by atoms with Gasteiger partial charge in [0.05, 0.1) is 26.4 Å². The lowest BCUT2D eigenvalue weighted by Crippen LogP contribution is -2.30. The number of phosphoric acid groups is 2. The quantitative estimate of drug-likeness (QED) is 0.0222. The van der Waals surface area contributed by atoms with Crippen LogP contribution in [0.25, 0.3) is 0 Å². The minimum Gasteiger partial charge on any atom is -0.462 e. The number of aliphatic hydroxyl groups excluding tert-OH is 1. The summed E-state index contributed by atoms with van der Waals surface area (Å²) in [4.78, 5) is 73.0. The van der Waals surface area contributed by atoms with Gasteiger partial charge in [-0.1, -0.05) is 370 Å². The highest BCUT2D eigenvalue weighted by molar-refractivity contribution is 7.47. The number of rotatable bonds is 79. The highest BCUT2D eigenvalue weighted by Crippen LogP contribution is 2.45. The molecule has 0 aromatic carbocycles. The molecule has 0 aromatic heterocycles. The van der Waals surface area contributed by atoms with Crippen molar-refractivity contribution in [3.05, 3.63) is 0 Å². The van der Waals surface area contributed by atoms with Gasteiger partial charge in [-0.3, -0.25) is 37.3 Å². The molecule has 0 aromatic rings. The molecule has 0 saturated heterocycles. The monoisotopic (exact) mass is 1470 g/mol. The molecule has 6 atom stereocenters. The summed E-state index contributed by atoms with van der Waals surface area (Å²) in [6, 6.07) is 0. The molecule has 0 rings (SSSR count). The molecule has 0 heterocycles. The Morgan fingerprint density at radius 2 is 0.510 bits per heavy atom. The summed E-state index contributed by atoms with van der Waals surface area (Å²) >= 11 is 0. The molecule has 0 aliphatic heterocycles. The van der Waals surface area contributed by atoms with Crippen LogP contribution in [-0.4, -0.2) is 96.7 Å². The molecule has 19 heteroatoms. The maximum atomic E-state index is 13.1. The van der Waals surface area contributed by atoms with Crippen LogP contribution in [0.4, 0.5) is 0 Å². The van der Waals surface area contributed by atoms with Gasteiger partial charge in [-0.15, -0.1) is 0 Å². The van der Waals surface area contributed by atoms with Crippen LogP contribution in [0.1, 0.15) is 421 Å². The largest absolute Gasteiger partial charge is 0.472 e. The second-order valence-electron chi connectivity index (χ2n) is 30.4. The average Bonchev–Trinajstić information content (AvgIpc) is 0.915. The van der Waals surface area contributed by atoms with Crippen molar-refractivity contribution in [2.24, 2.45) is 17.8 Å². The molecule has 0 saturated carbocycles. The van der Waals surface area contributed by atoms with Gasteiger partial charge >= 0.3 is 39.5 Å². The van der Waals surface area contributed by atoms with Crippen LogP contribution in [0.15, 0.2) is 0 Å². The zero-order valence-electron chi connectivity index (χ0n) is 65.7. The topological polar surface area (TPSA) is 237 Å². The Kier molecular flexibility index (Phi) is 69.9. The number of ether oxygens (including phenoxy) is 4. The number of carbonyl (C=O) groups excluding carboxylic acids is 4. The highest BCUT2D eigenvalue weighted by atomic mass is 31.2. The van der Waals surface area contributed by atoms with E-state index in [1.54, 1.807) is 0 Å². The second kappa shape index (κ2) is 71.3. The molecule has 0 radical (unpaired) electrons. The van der Waals surface area contributed by atoms with Crippen molar-refractivity contribution in [3.8, 4) is 0 Å². The molecular weight excluding hydrogens is 1310 g/mol. The van der Waals surface area contributed by atoms with E-state index in [2.05, 4.69) is 48.5 Å². The van der Waals surface area contributed by atoms with Crippen LogP contribution >= 0.6 is 15.6 Å². The van der Waals surface area contributed by atoms with Gasteiger partial charge in [0.25, 0.3) is 0 Å². The van der Waals surface area contributed by atoms with Gasteiger partial charge in [-0.25, -0.2) is 9.13 Å². The summed E-state index contributed by atoms with van der Waals surface area (Å²) in [5, 5.41) is 10.6. The van der Waals surface area contributed by atoms with Gasteiger partial charge in [0.2, 0.25) is 0 Å². The Hall–Kier alpha value is -1.94. The van der Waals surface area contributed by atoms with Crippen molar-refractivity contribution >= 4 is 39.5 Å². The van der Waals surface area contributed by atoms with Crippen LogP contribution < -0.4 is 0 Å². The Balaban J connectivity index is 5.22. The Bertz CT molecular complexity index is 1940. The van der Waals surface area contributed by atoms with Crippen LogP contribution in [0.5, 0.6) is 0 Å². The van der Waals surface area contributed by atoms with Crippen molar-refractivity contribution < 1.29 is 80.2 Å². The Labute approximate surface area is 613 Å². The first kappa shape index (κ1) is 98.1. The van der Waals surface area contributed by atoms with Crippen molar-refractivity contribution in [2.45, 2.75) is 439 Å². The van der Waals surface area contributed by atoms with Crippen LogP contribution in [-0.2, 0) is 65.4 Å². The third kappa shape index (κ3) is 73.0. The van der Waals surface area contributed by atoms with Gasteiger partial charge in [0.1, 0.15) is 19.3 Å². The number of unbranched alkanes of at least 4 members (excludes halogenated alkanes) is 46. The number of hydrogen-bond donors (Lipinski definition) is 3. The first-order chi connectivity index (χ1) is 48.3. The molecule has 0 fully saturated rings. The van der Waals surface area contributed by atoms with E-state index in [4.69, 9.17) is 37.0 Å². The SMILES string of the molecule is CCCCCCCCCCCCCCCCCCCCCCCCC(=O)O[C@H](COC(=O)CCCCCCCCCCCCCC(C)C)COP(=O)(O)OC[C@@H](O)COP(=O)(O)OC[C@@H](COC(=O)CCCCCCCCCCC(C)CC)OC(=O)CCCCCCCCCCCC(C)C. The lowest BCUT2D eigenvalue weighted by atomic mass is 9.99. The van der Waals surface area contributed by atoms with E-state index in [-0.39, 0.29) is 25.7 Å². The Morgan fingerprint density at radius 1 is 0.290 bits per heavy atom. The van der Waals surface area contributed by atoms with E-state index < -0.39 is 97.5 Å². The first-order valence-corrected chi connectivity index (χ1v) is 44.9. The normalized spacial score (nSPS) is 14.2. The van der Waals surface area contributed by atoms with Crippen molar-refractivity contribution in [1.29, 1.82) is 0 Å². The van der Waals surface area contributed by atoms with Crippen LogP contribution in [0, 0.1) is 17.8 Å². The fourth-order valence-electron chi connectivity index (χ4n) is 12.5. The molecule has 0 amide bonds. The number of hydrogen-bond acceptors (Lipinski definition) is 15. The van der Waals surface area contributed by atoms with Crippen molar-refractivity contribution in [1.82, 2.24) is 0 Å². The molecule has 0 bridgehead atoms. The average molecular weight is 1470 g/mol. The van der Waals surface area contributed by atoms with Crippen molar-refractivity contribution in [3.63, 3.8) is 0 Å². The van der Waals surface area contributed by atoms with Crippen molar-refractivity contribution in [2.75, 3.05) is 39.6 Å². The van der Waals surface area contributed by atoms with E-state index in [1.165, 1.54) is 231 Å². The van der Waals surface area contributed by atoms with Crippen LogP contribution in [0.2, 0.25) is 0 Å². The minimum atomic E-state index is -4.96. The third-order valence-corrected chi connectivity index (χ3v) is 21.1. The summed E-state index contributed by atoms with van der Waals surface area (Å²) in [6.45, 7) is 11.9. The zero-order valence-corrected chi connectivity index (χ0v) is 67.5. The molecular formula is C81H158O17P2. The number of aliphatic hydroxyl groups is 1. The summed E-state index contributed by atoms with van der Waals surface area (Å²) in [6.07, 6.45) is 59.8. The first-order valence-electron chi connectivity index (χ1n) is 41.9. The van der Waals surface area contributed by atoms with Gasteiger partial charge in [-0.05, 0) is 43.4 Å². The molecule has 0 aliphatic carbocycles. The zero-order chi connectivity index (χ0) is 73.7.